The van der Waals surface area contributed by atoms with Gasteiger partial charge in [-0.2, -0.15) is 5.10 Å². The highest BCUT2D eigenvalue weighted by molar-refractivity contribution is 5.70. The summed E-state index contributed by atoms with van der Waals surface area (Å²) in [5.74, 6) is 0. The molecule has 3 heterocycles. The highest BCUT2D eigenvalue weighted by Gasteiger charge is 2.53. The molecule has 1 unspecified atom stereocenters. The lowest BCUT2D eigenvalue weighted by Gasteiger charge is -2.53. The van der Waals surface area contributed by atoms with Crippen molar-refractivity contribution in [3.05, 3.63) is 30.2 Å². The number of amides is 1. The van der Waals surface area contributed by atoms with Crippen LogP contribution in [0.15, 0.2) is 24.5 Å². The first kappa shape index (κ1) is 17.7. The fraction of sp³-hybridized carbons (Fsp3) is 0.611. The maximum Gasteiger partial charge on any atom is 0.410 e. The summed E-state index contributed by atoms with van der Waals surface area (Å²) in [7, 11) is 0. The minimum Gasteiger partial charge on any atom is -0.444 e. The van der Waals surface area contributed by atoms with Crippen LogP contribution in [0.3, 0.4) is 0 Å². The predicted molar refractivity (Wildman–Crippen MR) is 95.1 cm³/mol. The molecule has 0 bridgehead atoms. The molecule has 1 amide bonds. The monoisotopic (exact) mass is 345 g/mol. The number of ether oxygens (including phenoxy) is 1. The molecular weight excluding hydrogens is 318 g/mol. The van der Waals surface area contributed by atoms with E-state index in [4.69, 9.17) is 15.5 Å². The van der Waals surface area contributed by atoms with Crippen LogP contribution in [0.25, 0.3) is 5.65 Å². The number of rotatable bonds is 1. The van der Waals surface area contributed by atoms with E-state index in [0.717, 1.165) is 24.2 Å². The Bertz CT molecular complexity index is 792. The van der Waals surface area contributed by atoms with Crippen LogP contribution in [-0.4, -0.2) is 43.3 Å². The summed E-state index contributed by atoms with van der Waals surface area (Å²) < 4.78 is 7.30. The van der Waals surface area contributed by atoms with E-state index in [1.807, 2.05) is 52.9 Å². The lowest BCUT2D eigenvalue weighted by Crippen LogP contribution is -2.68. The Hall–Kier alpha value is -2.15. The second kappa shape index (κ2) is 5.69. The Morgan fingerprint density at radius 1 is 1.32 bits per heavy atom. The van der Waals surface area contributed by atoms with Crippen molar-refractivity contribution in [1.82, 2.24) is 19.5 Å². The van der Waals surface area contributed by atoms with Crippen molar-refractivity contribution in [2.24, 2.45) is 5.73 Å². The van der Waals surface area contributed by atoms with Crippen molar-refractivity contribution in [2.75, 3.05) is 6.54 Å². The third-order valence-corrected chi connectivity index (χ3v) is 5.05. The molecule has 2 aromatic heterocycles. The zero-order valence-electron chi connectivity index (χ0n) is 15.6. The van der Waals surface area contributed by atoms with Crippen molar-refractivity contribution in [3.63, 3.8) is 0 Å². The summed E-state index contributed by atoms with van der Waals surface area (Å²) in [6.07, 6.45) is 4.77. The molecule has 0 radical (unpaired) electrons. The smallest absolute Gasteiger partial charge is 0.410 e. The molecule has 1 aliphatic heterocycles. The van der Waals surface area contributed by atoms with Gasteiger partial charge in [-0.15, -0.1) is 0 Å². The van der Waals surface area contributed by atoms with Crippen LogP contribution in [0.4, 0.5) is 4.79 Å². The molecule has 25 heavy (non-hydrogen) atoms. The van der Waals surface area contributed by atoms with Gasteiger partial charge in [-0.1, -0.05) is 0 Å². The Morgan fingerprint density at radius 3 is 2.72 bits per heavy atom. The average molecular weight is 345 g/mol. The van der Waals surface area contributed by atoms with E-state index >= 15 is 0 Å². The molecule has 0 aliphatic carbocycles. The van der Waals surface area contributed by atoms with Gasteiger partial charge in [0.15, 0.2) is 5.65 Å². The summed E-state index contributed by atoms with van der Waals surface area (Å²) in [6.45, 7) is 10.2. The zero-order chi connectivity index (χ0) is 18.5. The summed E-state index contributed by atoms with van der Waals surface area (Å²) in [6, 6.07) is 3.73. The SMILES string of the molecule is CC(C)(C)OC(=O)N1CCCC(N)(c2ccn3nccc3n2)C1(C)C. The Morgan fingerprint density at radius 2 is 2.04 bits per heavy atom. The maximum absolute atomic E-state index is 12.7. The third-order valence-electron chi connectivity index (χ3n) is 5.05. The van der Waals surface area contributed by atoms with E-state index in [2.05, 4.69) is 5.10 Å². The molecule has 0 spiro atoms. The summed E-state index contributed by atoms with van der Waals surface area (Å²) in [5.41, 5.74) is 6.42. The normalized spacial score (nSPS) is 23.7. The molecule has 136 valence electrons. The minimum atomic E-state index is -0.770. The maximum atomic E-state index is 12.7. The van der Waals surface area contributed by atoms with Crippen LogP contribution in [0.2, 0.25) is 0 Å². The molecule has 3 rings (SSSR count). The van der Waals surface area contributed by atoms with Crippen molar-refractivity contribution in [1.29, 1.82) is 0 Å². The number of aromatic nitrogens is 3. The van der Waals surface area contributed by atoms with E-state index in [0.29, 0.717) is 6.54 Å². The number of carbonyl (C=O) groups excluding carboxylic acids is 1. The predicted octanol–water partition coefficient (Wildman–Crippen LogP) is 2.69. The number of hydrogen-bond acceptors (Lipinski definition) is 5. The number of nitrogens with zero attached hydrogens (tertiary/aromatic N) is 4. The summed E-state index contributed by atoms with van der Waals surface area (Å²) >= 11 is 0. The van der Waals surface area contributed by atoms with E-state index in [1.54, 1.807) is 15.6 Å². The topological polar surface area (TPSA) is 85.8 Å². The molecule has 0 saturated carbocycles. The largest absolute Gasteiger partial charge is 0.444 e. The first-order chi connectivity index (χ1) is 11.5. The Kier molecular flexibility index (Phi) is 4.02. The standard InChI is InChI=1S/C18H27N5O2/c1-16(2,3)25-15(24)22-11-6-9-18(19,17(22,4)5)13-8-12-23-14(21-13)7-10-20-23/h7-8,10,12H,6,9,11,19H2,1-5H3. The van der Waals surface area contributed by atoms with Crippen LogP contribution < -0.4 is 5.73 Å². The summed E-state index contributed by atoms with van der Waals surface area (Å²) in [5, 5.41) is 4.18. The van der Waals surface area contributed by atoms with E-state index < -0.39 is 16.7 Å². The van der Waals surface area contributed by atoms with Gasteiger partial charge in [-0.25, -0.2) is 14.3 Å². The fourth-order valence-corrected chi connectivity index (χ4v) is 3.48. The van der Waals surface area contributed by atoms with Crippen molar-refractivity contribution < 1.29 is 9.53 Å². The highest BCUT2D eigenvalue weighted by atomic mass is 16.6. The number of fused-ring (bicyclic) bond motifs is 1. The van der Waals surface area contributed by atoms with Crippen molar-refractivity contribution in [2.45, 2.75) is 64.1 Å². The number of nitrogens with two attached hydrogens (primary N) is 1. The first-order valence-electron chi connectivity index (χ1n) is 8.65. The molecule has 2 N–H and O–H groups in total. The van der Waals surface area contributed by atoms with E-state index in [-0.39, 0.29) is 6.09 Å². The van der Waals surface area contributed by atoms with Gasteiger partial charge in [0.2, 0.25) is 0 Å². The van der Waals surface area contributed by atoms with Gasteiger partial charge in [-0.3, -0.25) is 0 Å². The van der Waals surface area contributed by atoms with Crippen molar-refractivity contribution in [3.8, 4) is 0 Å². The number of piperidine rings is 1. The zero-order valence-corrected chi connectivity index (χ0v) is 15.6. The van der Waals surface area contributed by atoms with E-state index in [1.165, 1.54) is 0 Å². The number of carbonyl (C=O) groups is 1. The second-order valence-corrected chi connectivity index (χ2v) is 8.21. The van der Waals surface area contributed by atoms with Crippen LogP contribution >= 0.6 is 0 Å². The number of hydrogen-bond donors (Lipinski definition) is 1. The molecule has 1 atom stereocenters. The fourth-order valence-electron chi connectivity index (χ4n) is 3.48. The van der Waals surface area contributed by atoms with Gasteiger partial charge in [0.05, 0.1) is 23.0 Å². The van der Waals surface area contributed by atoms with Gasteiger partial charge < -0.3 is 15.4 Å². The minimum absolute atomic E-state index is 0.336. The van der Waals surface area contributed by atoms with Gasteiger partial charge in [0, 0.05) is 18.8 Å². The van der Waals surface area contributed by atoms with Crippen molar-refractivity contribution >= 4 is 11.7 Å². The highest BCUT2D eigenvalue weighted by Crippen LogP contribution is 2.42. The summed E-state index contributed by atoms with van der Waals surface area (Å²) in [4.78, 5) is 19.2. The van der Waals surface area contributed by atoms with Crippen LogP contribution in [0.5, 0.6) is 0 Å². The van der Waals surface area contributed by atoms with Crippen LogP contribution in [-0.2, 0) is 10.3 Å². The van der Waals surface area contributed by atoms with E-state index in [9.17, 15) is 4.79 Å². The van der Waals surface area contributed by atoms with Gasteiger partial charge in [0.1, 0.15) is 5.60 Å². The quantitative estimate of drug-likeness (QED) is 0.859. The van der Waals surface area contributed by atoms with Gasteiger partial charge in [-0.05, 0) is 53.5 Å². The Labute approximate surface area is 148 Å². The molecule has 1 saturated heterocycles. The molecule has 1 fully saturated rings. The van der Waals surface area contributed by atoms with Crippen LogP contribution in [0.1, 0.15) is 53.2 Å². The average Bonchev–Trinajstić information content (AvgIpc) is 2.95. The lowest BCUT2D eigenvalue weighted by atomic mass is 9.70. The van der Waals surface area contributed by atoms with Gasteiger partial charge >= 0.3 is 6.09 Å². The molecule has 7 nitrogen and oxygen atoms in total. The molecule has 7 heteroatoms. The molecule has 2 aromatic rings. The molecule has 0 aromatic carbocycles. The third kappa shape index (κ3) is 2.97. The molecule has 1 aliphatic rings. The first-order valence-corrected chi connectivity index (χ1v) is 8.65. The molecular formula is C18H27N5O2. The second-order valence-electron chi connectivity index (χ2n) is 8.21. The lowest BCUT2D eigenvalue weighted by molar-refractivity contribution is -0.0351. The number of likely N-dealkylation sites (tertiary alicyclic amines) is 1. The van der Waals surface area contributed by atoms with Crippen LogP contribution in [0, 0.1) is 0 Å². The van der Waals surface area contributed by atoms with Gasteiger partial charge in [0.25, 0.3) is 0 Å². The Balaban J connectivity index is 1.98.